The molecule has 0 fully saturated rings. The number of nitrogens with one attached hydrogen (secondary N) is 1. The molecule has 0 aliphatic carbocycles. The highest BCUT2D eigenvalue weighted by molar-refractivity contribution is 5.93. The van der Waals surface area contributed by atoms with E-state index in [1.807, 2.05) is 32.0 Å². The second-order valence-corrected chi connectivity index (χ2v) is 4.81. The molecule has 0 aromatic heterocycles. The van der Waals surface area contributed by atoms with Crippen LogP contribution in [0.5, 0.6) is 0 Å². The molecule has 0 bridgehead atoms. The number of aliphatic carboxylic acids is 1. The van der Waals surface area contributed by atoms with Crippen LogP contribution in [0.1, 0.15) is 18.9 Å². The van der Waals surface area contributed by atoms with Gasteiger partial charge in [0, 0.05) is 25.9 Å². The fraction of sp³-hybridized carbons (Fsp3) is 0.467. The fourth-order valence-corrected chi connectivity index (χ4v) is 1.81. The first kappa shape index (κ1) is 17.0. The number of nitrogens with zero attached hydrogens (tertiary/aromatic N) is 1. The van der Waals surface area contributed by atoms with Crippen LogP contribution < -0.4 is 10.2 Å². The Morgan fingerprint density at radius 3 is 2.62 bits per heavy atom. The standard InChI is InChI=1S/C15H22N2O4/c1-11-6-4-5-7-13(11)17(9-8-14(18)19)15(20)16-10-12(2)21-3/h4-7,12H,8-10H2,1-3H3,(H,16,20)(H,18,19). The van der Waals surface area contributed by atoms with E-state index in [9.17, 15) is 9.59 Å². The Balaban J connectivity index is 2.84. The van der Waals surface area contributed by atoms with Crippen molar-refractivity contribution in [1.29, 1.82) is 0 Å². The lowest BCUT2D eigenvalue weighted by Crippen LogP contribution is -2.44. The number of methoxy groups -OCH3 is 1. The number of carbonyl (C=O) groups is 2. The van der Waals surface area contributed by atoms with Crippen LogP contribution in [0.4, 0.5) is 10.5 Å². The van der Waals surface area contributed by atoms with E-state index in [-0.39, 0.29) is 25.1 Å². The number of carboxylic acids is 1. The van der Waals surface area contributed by atoms with Crippen molar-refractivity contribution in [2.24, 2.45) is 0 Å². The van der Waals surface area contributed by atoms with Gasteiger partial charge in [0.2, 0.25) is 0 Å². The molecular weight excluding hydrogens is 272 g/mol. The Labute approximate surface area is 124 Å². The number of hydrogen-bond acceptors (Lipinski definition) is 3. The van der Waals surface area contributed by atoms with Crippen LogP contribution in [0.2, 0.25) is 0 Å². The van der Waals surface area contributed by atoms with Gasteiger partial charge in [-0.2, -0.15) is 0 Å². The normalized spacial score (nSPS) is 11.8. The van der Waals surface area contributed by atoms with Gasteiger partial charge < -0.3 is 15.2 Å². The molecule has 0 saturated carbocycles. The number of carboxylic acid groups (broad SMARTS) is 1. The predicted octanol–water partition coefficient (Wildman–Crippen LogP) is 2.02. The first-order valence-corrected chi connectivity index (χ1v) is 6.81. The van der Waals surface area contributed by atoms with Crippen molar-refractivity contribution in [3.05, 3.63) is 29.8 Å². The van der Waals surface area contributed by atoms with E-state index >= 15 is 0 Å². The number of rotatable bonds is 7. The van der Waals surface area contributed by atoms with Crippen LogP contribution in [0.3, 0.4) is 0 Å². The second kappa shape index (κ2) is 8.26. The minimum absolute atomic E-state index is 0.104. The van der Waals surface area contributed by atoms with Crippen LogP contribution in [-0.4, -0.2) is 43.4 Å². The summed E-state index contributed by atoms with van der Waals surface area (Å²) in [6.07, 6.45) is -0.214. The molecule has 2 amide bonds. The minimum Gasteiger partial charge on any atom is -0.481 e. The Bertz CT molecular complexity index is 490. The summed E-state index contributed by atoms with van der Waals surface area (Å²) in [5, 5.41) is 11.6. The summed E-state index contributed by atoms with van der Waals surface area (Å²) in [4.78, 5) is 24.5. The molecule has 1 rings (SSSR count). The first-order chi connectivity index (χ1) is 9.95. The molecule has 6 nitrogen and oxygen atoms in total. The summed E-state index contributed by atoms with van der Waals surface area (Å²) >= 11 is 0. The Kier molecular flexibility index (Phi) is 6.68. The third-order valence-corrected chi connectivity index (χ3v) is 3.14. The Morgan fingerprint density at radius 2 is 2.05 bits per heavy atom. The van der Waals surface area contributed by atoms with Gasteiger partial charge in [0.25, 0.3) is 0 Å². The maximum atomic E-state index is 12.3. The molecule has 1 aromatic carbocycles. The third kappa shape index (κ3) is 5.43. The molecule has 0 spiro atoms. The van der Waals surface area contributed by atoms with Crippen molar-refractivity contribution >= 4 is 17.7 Å². The number of amides is 2. The van der Waals surface area contributed by atoms with E-state index in [1.165, 1.54) is 4.90 Å². The molecule has 1 unspecified atom stereocenters. The van der Waals surface area contributed by atoms with Gasteiger partial charge in [0.1, 0.15) is 0 Å². The molecule has 0 radical (unpaired) electrons. The lowest BCUT2D eigenvalue weighted by molar-refractivity contribution is -0.136. The average molecular weight is 294 g/mol. The van der Waals surface area contributed by atoms with Crippen LogP contribution >= 0.6 is 0 Å². The second-order valence-electron chi connectivity index (χ2n) is 4.81. The monoisotopic (exact) mass is 294 g/mol. The predicted molar refractivity (Wildman–Crippen MR) is 80.6 cm³/mol. The number of aryl methyl sites for hydroxylation is 1. The number of benzene rings is 1. The molecule has 1 aromatic rings. The SMILES string of the molecule is COC(C)CNC(=O)N(CCC(=O)O)c1ccccc1C. The average Bonchev–Trinajstić information content (AvgIpc) is 2.46. The maximum Gasteiger partial charge on any atom is 0.321 e. The quantitative estimate of drug-likeness (QED) is 0.806. The zero-order valence-electron chi connectivity index (χ0n) is 12.6. The van der Waals surface area contributed by atoms with Gasteiger partial charge in [-0.1, -0.05) is 18.2 Å². The summed E-state index contributed by atoms with van der Waals surface area (Å²) in [6, 6.07) is 7.06. The van der Waals surface area contributed by atoms with Crippen molar-refractivity contribution in [2.75, 3.05) is 25.1 Å². The molecule has 6 heteroatoms. The molecule has 0 aliphatic heterocycles. The molecule has 0 aliphatic rings. The number of hydrogen-bond donors (Lipinski definition) is 2. The molecule has 1 atom stereocenters. The first-order valence-electron chi connectivity index (χ1n) is 6.81. The topological polar surface area (TPSA) is 78.9 Å². The fourth-order valence-electron chi connectivity index (χ4n) is 1.81. The van der Waals surface area contributed by atoms with Gasteiger partial charge in [-0.15, -0.1) is 0 Å². The van der Waals surface area contributed by atoms with Crippen LogP contribution in [0.25, 0.3) is 0 Å². The van der Waals surface area contributed by atoms with E-state index in [1.54, 1.807) is 13.2 Å². The zero-order chi connectivity index (χ0) is 15.8. The number of ether oxygens (including phenoxy) is 1. The minimum atomic E-state index is -0.938. The molecule has 0 heterocycles. The van der Waals surface area contributed by atoms with Crippen LogP contribution in [-0.2, 0) is 9.53 Å². The van der Waals surface area contributed by atoms with Crippen molar-refractivity contribution in [2.45, 2.75) is 26.4 Å². The van der Waals surface area contributed by atoms with E-state index in [4.69, 9.17) is 9.84 Å². The molecule has 116 valence electrons. The smallest absolute Gasteiger partial charge is 0.321 e. The van der Waals surface area contributed by atoms with Gasteiger partial charge in [-0.05, 0) is 25.5 Å². The van der Waals surface area contributed by atoms with E-state index < -0.39 is 5.97 Å². The van der Waals surface area contributed by atoms with Crippen molar-refractivity contribution < 1.29 is 19.4 Å². The number of para-hydroxylation sites is 1. The Morgan fingerprint density at radius 1 is 1.38 bits per heavy atom. The summed E-state index contributed by atoms with van der Waals surface area (Å²) in [5.74, 6) is -0.938. The van der Waals surface area contributed by atoms with Gasteiger partial charge in [-0.3, -0.25) is 9.69 Å². The van der Waals surface area contributed by atoms with Gasteiger partial charge in [0.05, 0.1) is 12.5 Å². The van der Waals surface area contributed by atoms with E-state index in [0.29, 0.717) is 12.2 Å². The highest BCUT2D eigenvalue weighted by atomic mass is 16.5. The van der Waals surface area contributed by atoms with E-state index in [2.05, 4.69) is 5.32 Å². The molecular formula is C15H22N2O4. The van der Waals surface area contributed by atoms with Crippen LogP contribution in [0.15, 0.2) is 24.3 Å². The number of urea groups is 1. The number of anilines is 1. The number of carbonyl (C=O) groups excluding carboxylic acids is 1. The van der Waals surface area contributed by atoms with E-state index in [0.717, 1.165) is 5.56 Å². The lowest BCUT2D eigenvalue weighted by Gasteiger charge is -2.25. The summed E-state index contributed by atoms with van der Waals surface area (Å²) < 4.78 is 5.08. The van der Waals surface area contributed by atoms with Crippen LogP contribution in [0, 0.1) is 6.92 Å². The summed E-state index contributed by atoms with van der Waals surface area (Å²) in [6.45, 7) is 4.21. The summed E-state index contributed by atoms with van der Waals surface area (Å²) in [7, 11) is 1.57. The van der Waals surface area contributed by atoms with Crippen molar-refractivity contribution in [1.82, 2.24) is 5.32 Å². The van der Waals surface area contributed by atoms with Gasteiger partial charge in [-0.25, -0.2) is 4.79 Å². The van der Waals surface area contributed by atoms with Crippen molar-refractivity contribution in [3.8, 4) is 0 Å². The highest BCUT2D eigenvalue weighted by Gasteiger charge is 2.18. The van der Waals surface area contributed by atoms with Gasteiger partial charge in [0.15, 0.2) is 0 Å². The van der Waals surface area contributed by atoms with Crippen molar-refractivity contribution in [3.63, 3.8) is 0 Å². The largest absolute Gasteiger partial charge is 0.481 e. The molecule has 2 N–H and O–H groups in total. The summed E-state index contributed by atoms with van der Waals surface area (Å²) in [5.41, 5.74) is 1.62. The zero-order valence-corrected chi connectivity index (χ0v) is 12.6. The highest BCUT2D eigenvalue weighted by Crippen LogP contribution is 2.19. The third-order valence-electron chi connectivity index (χ3n) is 3.14. The molecule has 21 heavy (non-hydrogen) atoms. The van der Waals surface area contributed by atoms with Gasteiger partial charge >= 0.3 is 12.0 Å². The lowest BCUT2D eigenvalue weighted by atomic mass is 10.2. The maximum absolute atomic E-state index is 12.3. The Hall–Kier alpha value is -2.08. The molecule has 0 saturated heterocycles.